The largest absolute Gasteiger partial charge is 0.382 e. The Bertz CT molecular complexity index is 1100. The molecule has 3 aromatic rings. The van der Waals surface area contributed by atoms with Crippen LogP contribution >= 0.6 is 0 Å². The van der Waals surface area contributed by atoms with Crippen molar-refractivity contribution in [1.82, 2.24) is 19.3 Å². The van der Waals surface area contributed by atoms with E-state index in [0.29, 0.717) is 29.1 Å². The Balaban J connectivity index is 1.88. The molecule has 1 saturated heterocycles. The van der Waals surface area contributed by atoms with E-state index in [0.717, 1.165) is 30.7 Å². The van der Waals surface area contributed by atoms with Crippen LogP contribution in [0.1, 0.15) is 41.5 Å². The molecule has 1 fully saturated rings. The summed E-state index contributed by atoms with van der Waals surface area (Å²) in [5.41, 5.74) is 14.1. The van der Waals surface area contributed by atoms with E-state index in [4.69, 9.17) is 16.5 Å². The summed E-state index contributed by atoms with van der Waals surface area (Å²) in [6, 6.07) is 6.70. The quantitative estimate of drug-likeness (QED) is 0.663. The van der Waals surface area contributed by atoms with E-state index in [-0.39, 0.29) is 11.9 Å². The van der Waals surface area contributed by atoms with E-state index in [1.807, 2.05) is 9.30 Å². The van der Waals surface area contributed by atoms with Gasteiger partial charge in [-0.3, -0.25) is 14.0 Å². The molecule has 8 heteroatoms. The SMILES string of the molecule is C=CC(=O)N1CCCC[C@H]1c1nc(-c2ccc(C(N)=O)cc2)c2c(N)nccn12. The van der Waals surface area contributed by atoms with Gasteiger partial charge in [0.1, 0.15) is 22.9 Å². The van der Waals surface area contributed by atoms with Crippen molar-refractivity contribution in [3.63, 3.8) is 0 Å². The number of imidazole rings is 1. The molecule has 0 aliphatic carbocycles. The lowest BCUT2D eigenvalue weighted by Crippen LogP contribution is -2.38. The molecule has 148 valence electrons. The fraction of sp³-hybridized carbons (Fsp3) is 0.238. The Hall–Kier alpha value is -3.68. The van der Waals surface area contributed by atoms with Crippen molar-refractivity contribution in [2.24, 2.45) is 5.73 Å². The first-order chi connectivity index (χ1) is 14.0. The number of carbonyl (C=O) groups excluding carboxylic acids is 2. The van der Waals surface area contributed by atoms with Crippen molar-refractivity contribution >= 4 is 23.1 Å². The molecule has 2 amide bonds. The number of fused-ring (bicyclic) bond motifs is 1. The second kappa shape index (κ2) is 7.38. The first-order valence-electron chi connectivity index (χ1n) is 9.47. The lowest BCUT2D eigenvalue weighted by molar-refractivity contribution is -0.129. The van der Waals surface area contributed by atoms with Gasteiger partial charge in [-0.15, -0.1) is 0 Å². The Labute approximate surface area is 167 Å². The van der Waals surface area contributed by atoms with E-state index in [1.54, 1.807) is 36.7 Å². The number of nitrogen functional groups attached to an aromatic ring is 1. The van der Waals surface area contributed by atoms with Crippen molar-refractivity contribution in [3.05, 3.63) is 60.7 Å². The van der Waals surface area contributed by atoms with Crippen molar-refractivity contribution in [3.8, 4) is 11.3 Å². The second-order valence-corrected chi connectivity index (χ2v) is 7.04. The van der Waals surface area contributed by atoms with E-state index in [2.05, 4.69) is 11.6 Å². The number of piperidine rings is 1. The predicted molar refractivity (Wildman–Crippen MR) is 110 cm³/mol. The third kappa shape index (κ3) is 3.22. The summed E-state index contributed by atoms with van der Waals surface area (Å²) >= 11 is 0. The molecular formula is C21H22N6O2. The van der Waals surface area contributed by atoms with Crippen LogP contribution in [0.4, 0.5) is 5.82 Å². The van der Waals surface area contributed by atoms with Crippen LogP contribution in [0.15, 0.2) is 49.3 Å². The molecule has 3 heterocycles. The number of benzene rings is 1. The maximum absolute atomic E-state index is 12.4. The molecule has 0 unspecified atom stereocenters. The molecule has 1 aromatic carbocycles. The van der Waals surface area contributed by atoms with E-state index >= 15 is 0 Å². The van der Waals surface area contributed by atoms with Gasteiger partial charge in [0.15, 0.2) is 0 Å². The average molecular weight is 390 g/mol. The fourth-order valence-electron chi connectivity index (χ4n) is 3.90. The first-order valence-corrected chi connectivity index (χ1v) is 9.47. The number of rotatable bonds is 4. The van der Waals surface area contributed by atoms with Gasteiger partial charge in [-0.1, -0.05) is 18.7 Å². The van der Waals surface area contributed by atoms with Gasteiger partial charge < -0.3 is 16.4 Å². The number of aromatic nitrogens is 3. The van der Waals surface area contributed by atoms with Crippen LogP contribution in [0.5, 0.6) is 0 Å². The van der Waals surface area contributed by atoms with Crippen molar-refractivity contribution in [2.75, 3.05) is 12.3 Å². The van der Waals surface area contributed by atoms with Crippen LogP contribution in [0.3, 0.4) is 0 Å². The molecule has 1 atom stereocenters. The van der Waals surface area contributed by atoms with Gasteiger partial charge in [0, 0.05) is 30.1 Å². The first kappa shape index (κ1) is 18.7. The van der Waals surface area contributed by atoms with Gasteiger partial charge in [-0.25, -0.2) is 9.97 Å². The molecule has 8 nitrogen and oxygen atoms in total. The van der Waals surface area contributed by atoms with Gasteiger partial charge in [0.25, 0.3) is 0 Å². The number of nitrogens with two attached hydrogens (primary N) is 2. The zero-order valence-electron chi connectivity index (χ0n) is 15.9. The van der Waals surface area contributed by atoms with Crippen molar-refractivity contribution in [2.45, 2.75) is 25.3 Å². The Morgan fingerprint density at radius 3 is 2.66 bits per heavy atom. The van der Waals surface area contributed by atoms with Crippen LogP contribution < -0.4 is 11.5 Å². The summed E-state index contributed by atoms with van der Waals surface area (Å²) in [5.74, 6) is 0.477. The summed E-state index contributed by atoms with van der Waals surface area (Å²) in [6.45, 7) is 4.29. The van der Waals surface area contributed by atoms with Crippen LogP contribution in [0, 0.1) is 0 Å². The zero-order valence-corrected chi connectivity index (χ0v) is 15.9. The third-order valence-corrected chi connectivity index (χ3v) is 5.31. The zero-order chi connectivity index (χ0) is 20.5. The summed E-state index contributed by atoms with van der Waals surface area (Å²) in [4.78, 5) is 34.7. The smallest absolute Gasteiger partial charge is 0.248 e. The fourth-order valence-corrected chi connectivity index (χ4v) is 3.90. The molecule has 1 aliphatic heterocycles. The highest BCUT2D eigenvalue weighted by Crippen LogP contribution is 2.35. The highest BCUT2D eigenvalue weighted by atomic mass is 16.2. The summed E-state index contributed by atoms with van der Waals surface area (Å²) < 4.78 is 1.90. The molecule has 29 heavy (non-hydrogen) atoms. The number of hydrogen-bond donors (Lipinski definition) is 2. The molecule has 0 bridgehead atoms. The van der Waals surface area contributed by atoms with E-state index < -0.39 is 5.91 Å². The van der Waals surface area contributed by atoms with Crippen molar-refractivity contribution < 1.29 is 9.59 Å². The lowest BCUT2D eigenvalue weighted by Gasteiger charge is -2.34. The van der Waals surface area contributed by atoms with Gasteiger partial charge in [0.05, 0.1) is 6.04 Å². The topological polar surface area (TPSA) is 120 Å². The lowest BCUT2D eigenvalue weighted by atomic mass is 10.0. The molecular weight excluding hydrogens is 368 g/mol. The van der Waals surface area contributed by atoms with Crippen LogP contribution in [0.25, 0.3) is 16.8 Å². The van der Waals surface area contributed by atoms with Crippen LogP contribution in [-0.2, 0) is 4.79 Å². The molecule has 4 rings (SSSR count). The predicted octanol–water partition coefficient (Wildman–Crippen LogP) is 2.32. The van der Waals surface area contributed by atoms with Gasteiger partial charge in [-0.2, -0.15) is 0 Å². The number of primary amides is 1. The second-order valence-electron chi connectivity index (χ2n) is 7.04. The maximum atomic E-state index is 12.4. The molecule has 4 N–H and O–H groups in total. The summed E-state index contributed by atoms with van der Waals surface area (Å²) in [7, 11) is 0. The number of nitrogens with zero attached hydrogens (tertiary/aromatic N) is 4. The van der Waals surface area contributed by atoms with Gasteiger partial charge in [-0.05, 0) is 37.5 Å². The Morgan fingerprint density at radius 1 is 1.21 bits per heavy atom. The van der Waals surface area contributed by atoms with E-state index in [1.165, 1.54) is 6.08 Å². The van der Waals surface area contributed by atoms with Crippen LogP contribution in [0.2, 0.25) is 0 Å². The number of anilines is 1. The minimum atomic E-state index is -0.492. The highest BCUT2D eigenvalue weighted by molar-refractivity contribution is 5.94. The minimum Gasteiger partial charge on any atom is -0.382 e. The van der Waals surface area contributed by atoms with Crippen LogP contribution in [-0.4, -0.2) is 37.6 Å². The monoisotopic (exact) mass is 390 g/mol. The number of hydrogen-bond acceptors (Lipinski definition) is 5. The van der Waals surface area contributed by atoms with Crippen molar-refractivity contribution in [1.29, 1.82) is 0 Å². The molecule has 0 spiro atoms. The number of likely N-dealkylation sites (tertiary alicyclic amines) is 1. The maximum Gasteiger partial charge on any atom is 0.248 e. The minimum absolute atomic E-state index is 0.110. The third-order valence-electron chi connectivity index (χ3n) is 5.31. The van der Waals surface area contributed by atoms with Gasteiger partial charge in [0.2, 0.25) is 11.8 Å². The van der Waals surface area contributed by atoms with E-state index in [9.17, 15) is 9.59 Å². The molecule has 0 radical (unpaired) electrons. The molecule has 2 aromatic heterocycles. The number of carbonyl (C=O) groups is 2. The number of amides is 2. The molecule has 1 aliphatic rings. The standard InChI is InChI=1S/C21H22N6O2/c1-2-16(28)26-11-4-3-5-15(26)21-25-17(18-19(22)24-10-12-27(18)21)13-6-8-14(9-7-13)20(23)29/h2,6-10,12,15H,1,3-5,11H2,(H2,22,24)(H2,23,29)/t15-/m0/s1. The molecule has 0 saturated carbocycles. The summed E-state index contributed by atoms with van der Waals surface area (Å²) in [6.07, 6.45) is 7.53. The normalized spacial score (nSPS) is 16.7. The highest BCUT2D eigenvalue weighted by Gasteiger charge is 2.31. The Kier molecular flexibility index (Phi) is 4.75. The Morgan fingerprint density at radius 2 is 1.97 bits per heavy atom. The van der Waals surface area contributed by atoms with Gasteiger partial charge >= 0.3 is 0 Å². The average Bonchev–Trinajstić information content (AvgIpc) is 3.14. The summed E-state index contributed by atoms with van der Waals surface area (Å²) in [5, 5.41) is 0.